The van der Waals surface area contributed by atoms with Crippen molar-refractivity contribution >= 4 is 17.0 Å². The van der Waals surface area contributed by atoms with Crippen LogP contribution >= 0.6 is 11.3 Å². The first kappa shape index (κ1) is 13.5. The molecule has 0 spiro atoms. The minimum absolute atomic E-state index is 0.832. The average Bonchev–Trinajstić information content (AvgIpc) is 3.02. The number of aromatic nitrogens is 1. The molecule has 1 aromatic carbocycles. The molecule has 1 aromatic heterocycles. The van der Waals surface area contributed by atoms with E-state index in [0.717, 1.165) is 39.4 Å². The van der Waals surface area contributed by atoms with Gasteiger partial charge in [0.2, 0.25) is 0 Å². The van der Waals surface area contributed by atoms with Gasteiger partial charge in [0.25, 0.3) is 0 Å². The van der Waals surface area contributed by atoms with E-state index in [0.29, 0.717) is 0 Å². The Balaban J connectivity index is 1.50. The number of nitrogens with zero attached hydrogens (tertiary/aromatic N) is 2. The van der Waals surface area contributed by atoms with Gasteiger partial charge in [-0.25, -0.2) is 0 Å². The van der Waals surface area contributed by atoms with Crippen LogP contribution in [0.3, 0.4) is 0 Å². The van der Waals surface area contributed by atoms with Gasteiger partial charge in [0.1, 0.15) is 0 Å². The van der Waals surface area contributed by atoms with Gasteiger partial charge >= 0.3 is 0 Å². The molecule has 0 bridgehead atoms. The highest BCUT2D eigenvalue weighted by molar-refractivity contribution is 7.09. The van der Waals surface area contributed by atoms with Crippen molar-refractivity contribution < 1.29 is 4.74 Å². The summed E-state index contributed by atoms with van der Waals surface area (Å²) in [6, 6.07) is 8.80. The SMILES string of the molecule is c1ncc(CNCc2ccc(N3CCOCC3)cc2)s1. The van der Waals surface area contributed by atoms with Crippen LogP contribution in [-0.4, -0.2) is 31.3 Å². The average molecular weight is 289 g/mol. The summed E-state index contributed by atoms with van der Waals surface area (Å²) in [5.74, 6) is 0. The van der Waals surface area contributed by atoms with Gasteiger partial charge in [0.05, 0.1) is 18.7 Å². The predicted molar refractivity (Wildman–Crippen MR) is 82.1 cm³/mol. The summed E-state index contributed by atoms with van der Waals surface area (Å²) in [6.07, 6.45) is 1.92. The molecule has 0 aliphatic carbocycles. The molecule has 2 aromatic rings. The van der Waals surface area contributed by atoms with Crippen molar-refractivity contribution in [3.8, 4) is 0 Å². The van der Waals surface area contributed by atoms with Crippen molar-refractivity contribution in [1.29, 1.82) is 0 Å². The Morgan fingerprint density at radius 3 is 2.65 bits per heavy atom. The molecule has 0 saturated carbocycles. The van der Waals surface area contributed by atoms with Crippen LogP contribution in [0.25, 0.3) is 0 Å². The van der Waals surface area contributed by atoms with Crippen molar-refractivity contribution in [2.24, 2.45) is 0 Å². The lowest BCUT2D eigenvalue weighted by Crippen LogP contribution is -2.36. The first-order valence-corrected chi connectivity index (χ1v) is 7.79. The Morgan fingerprint density at radius 2 is 1.95 bits per heavy atom. The van der Waals surface area contributed by atoms with Gasteiger partial charge in [-0.15, -0.1) is 11.3 Å². The second-order valence-electron chi connectivity index (χ2n) is 4.84. The molecule has 0 unspecified atom stereocenters. The van der Waals surface area contributed by atoms with Crippen LogP contribution in [0.4, 0.5) is 5.69 Å². The van der Waals surface area contributed by atoms with Crippen molar-refractivity contribution in [3.05, 3.63) is 46.4 Å². The van der Waals surface area contributed by atoms with E-state index in [1.54, 1.807) is 11.3 Å². The maximum atomic E-state index is 5.38. The minimum atomic E-state index is 0.832. The summed E-state index contributed by atoms with van der Waals surface area (Å²) in [7, 11) is 0. The van der Waals surface area contributed by atoms with Crippen LogP contribution in [0, 0.1) is 0 Å². The molecule has 3 rings (SSSR count). The molecule has 1 saturated heterocycles. The van der Waals surface area contributed by atoms with E-state index in [2.05, 4.69) is 39.5 Å². The van der Waals surface area contributed by atoms with Crippen LogP contribution in [-0.2, 0) is 17.8 Å². The van der Waals surface area contributed by atoms with Crippen LogP contribution in [0.15, 0.2) is 36.0 Å². The maximum Gasteiger partial charge on any atom is 0.0794 e. The van der Waals surface area contributed by atoms with Crippen LogP contribution in [0.2, 0.25) is 0 Å². The molecular formula is C15H19N3OS. The molecule has 106 valence electrons. The first-order valence-electron chi connectivity index (χ1n) is 6.91. The van der Waals surface area contributed by atoms with E-state index in [4.69, 9.17) is 4.74 Å². The first-order chi connectivity index (χ1) is 9.92. The zero-order valence-electron chi connectivity index (χ0n) is 11.4. The molecule has 0 amide bonds. The summed E-state index contributed by atoms with van der Waals surface area (Å²) in [4.78, 5) is 7.72. The van der Waals surface area contributed by atoms with Gasteiger partial charge in [0, 0.05) is 42.9 Å². The molecule has 0 radical (unpaired) electrons. The third-order valence-electron chi connectivity index (χ3n) is 3.42. The predicted octanol–water partition coefficient (Wildman–Crippen LogP) is 2.27. The smallest absolute Gasteiger partial charge is 0.0794 e. The molecule has 4 nitrogen and oxygen atoms in total. The normalized spacial score (nSPS) is 15.5. The van der Waals surface area contributed by atoms with Crippen molar-refractivity contribution in [2.45, 2.75) is 13.1 Å². The van der Waals surface area contributed by atoms with Crippen LogP contribution < -0.4 is 10.2 Å². The van der Waals surface area contributed by atoms with Gasteiger partial charge in [-0.1, -0.05) is 12.1 Å². The third kappa shape index (κ3) is 3.56. The van der Waals surface area contributed by atoms with E-state index >= 15 is 0 Å². The molecular weight excluding hydrogens is 270 g/mol. The van der Waals surface area contributed by atoms with Crippen LogP contribution in [0.1, 0.15) is 10.4 Å². The Hall–Kier alpha value is -1.43. The van der Waals surface area contributed by atoms with E-state index in [9.17, 15) is 0 Å². The van der Waals surface area contributed by atoms with Gasteiger partial charge in [-0.3, -0.25) is 4.98 Å². The summed E-state index contributed by atoms with van der Waals surface area (Å²) >= 11 is 1.69. The van der Waals surface area contributed by atoms with E-state index in [1.807, 2.05) is 11.7 Å². The number of nitrogens with one attached hydrogen (secondary N) is 1. The Bertz CT molecular complexity index is 506. The zero-order valence-corrected chi connectivity index (χ0v) is 12.2. The van der Waals surface area contributed by atoms with Crippen molar-refractivity contribution in [3.63, 3.8) is 0 Å². The largest absolute Gasteiger partial charge is 0.378 e. The lowest BCUT2D eigenvalue weighted by atomic mass is 10.2. The number of thiazole rings is 1. The lowest BCUT2D eigenvalue weighted by Gasteiger charge is -2.28. The lowest BCUT2D eigenvalue weighted by molar-refractivity contribution is 0.122. The Labute approximate surface area is 123 Å². The number of benzene rings is 1. The zero-order chi connectivity index (χ0) is 13.6. The summed E-state index contributed by atoms with van der Waals surface area (Å²) in [5.41, 5.74) is 4.47. The number of hydrogen-bond acceptors (Lipinski definition) is 5. The van der Waals surface area contributed by atoms with E-state index in [1.165, 1.54) is 16.1 Å². The second kappa shape index (κ2) is 6.83. The van der Waals surface area contributed by atoms with Gasteiger partial charge < -0.3 is 15.0 Å². The molecule has 1 aliphatic rings. The molecule has 20 heavy (non-hydrogen) atoms. The Kier molecular flexibility index (Phi) is 4.63. The molecule has 1 aliphatic heterocycles. The highest BCUT2D eigenvalue weighted by atomic mass is 32.1. The second-order valence-corrected chi connectivity index (χ2v) is 5.81. The fraction of sp³-hybridized carbons (Fsp3) is 0.400. The highest BCUT2D eigenvalue weighted by Crippen LogP contribution is 2.16. The number of ether oxygens (including phenoxy) is 1. The number of hydrogen-bond donors (Lipinski definition) is 1. The number of rotatable bonds is 5. The fourth-order valence-corrected chi connectivity index (χ4v) is 2.87. The van der Waals surface area contributed by atoms with E-state index < -0.39 is 0 Å². The standard InChI is InChI=1S/C15H19N3OS/c1-3-14(18-5-7-19-8-6-18)4-2-13(1)9-16-10-15-11-17-12-20-15/h1-4,11-12,16H,5-10H2. The minimum Gasteiger partial charge on any atom is -0.378 e. The maximum absolute atomic E-state index is 5.38. The number of morpholine rings is 1. The monoisotopic (exact) mass is 289 g/mol. The number of anilines is 1. The fourth-order valence-electron chi connectivity index (χ4n) is 2.31. The highest BCUT2D eigenvalue weighted by Gasteiger charge is 2.10. The third-order valence-corrected chi connectivity index (χ3v) is 4.20. The summed E-state index contributed by atoms with van der Waals surface area (Å²) in [5, 5.41) is 3.44. The molecule has 2 heterocycles. The van der Waals surface area contributed by atoms with Gasteiger partial charge in [0.15, 0.2) is 0 Å². The van der Waals surface area contributed by atoms with Crippen LogP contribution in [0.5, 0.6) is 0 Å². The van der Waals surface area contributed by atoms with Crippen molar-refractivity contribution in [2.75, 3.05) is 31.2 Å². The summed E-state index contributed by atoms with van der Waals surface area (Å²) < 4.78 is 5.38. The molecule has 0 atom stereocenters. The quantitative estimate of drug-likeness (QED) is 0.916. The van der Waals surface area contributed by atoms with Gasteiger partial charge in [-0.05, 0) is 17.7 Å². The Morgan fingerprint density at radius 1 is 1.15 bits per heavy atom. The summed E-state index contributed by atoms with van der Waals surface area (Å²) in [6.45, 7) is 5.42. The molecule has 5 heteroatoms. The van der Waals surface area contributed by atoms with Gasteiger partial charge in [-0.2, -0.15) is 0 Å². The topological polar surface area (TPSA) is 37.4 Å². The van der Waals surface area contributed by atoms with Crippen molar-refractivity contribution in [1.82, 2.24) is 10.3 Å². The van der Waals surface area contributed by atoms with E-state index in [-0.39, 0.29) is 0 Å². The molecule has 1 N–H and O–H groups in total. The molecule has 1 fully saturated rings.